The van der Waals surface area contributed by atoms with Crippen molar-refractivity contribution in [3.05, 3.63) is 186 Å². The van der Waals surface area contributed by atoms with E-state index in [-0.39, 0.29) is 31.3 Å². The predicted molar refractivity (Wildman–Crippen MR) is 221 cm³/mol. The van der Waals surface area contributed by atoms with E-state index in [4.69, 9.17) is 14.2 Å². The van der Waals surface area contributed by atoms with Gasteiger partial charge in [-0.2, -0.15) is 0 Å². The molecule has 1 atom stereocenters. The lowest BCUT2D eigenvalue weighted by Gasteiger charge is -2.48. The van der Waals surface area contributed by atoms with Gasteiger partial charge in [-0.15, -0.1) is 0 Å². The molecule has 0 bridgehead atoms. The number of fused-ring (bicyclic) bond motifs is 3. The molecule has 288 valence electrons. The van der Waals surface area contributed by atoms with E-state index in [9.17, 15) is 4.79 Å². The minimum Gasteiger partial charge on any atom is -0.497 e. The van der Waals surface area contributed by atoms with Gasteiger partial charge in [0.25, 0.3) is 0 Å². The maximum Gasteiger partial charge on any atom is 0.411 e. The summed E-state index contributed by atoms with van der Waals surface area (Å²) < 4.78 is 17.7. The highest BCUT2D eigenvalue weighted by Gasteiger charge is 2.51. The molecule has 0 unspecified atom stereocenters. The summed E-state index contributed by atoms with van der Waals surface area (Å²) in [6.45, 7) is 0.00526. The van der Waals surface area contributed by atoms with Crippen LogP contribution >= 0.6 is 0 Å². The average molecular weight is 760 g/mol. The van der Waals surface area contributed by atoms with E-state index >= 15 is 9.59 Å². The van der Waals surface area contributed by atoms with E-state index < -0.39 is 23.6 Å². The summed E-state index contributed by atoms with van der Waals surface area (Å²) in [4.78, 5) is 45.4. The monoisotopic (exact) mass is 759 g/mol. The van der Waals surface area contributed by atoms with Gasteiger partial charge in [0.1, 0.15) is 29.7 Å². The summed E-state index contributed by atoms with van der Waals surface area (Å²) in [6.07, 6.45) is -0.843. The molecule has 0 saturated carbocycles. The van der Waals surface area contributed by atoms with Gasteiger partial charge in [-0.05, 0) is 57.5 Å². The van der Waals surface area contributed by atoms with E-state index in [1.54, 1.807) is 25.2 Å². The summed E-state index contributed by atoms with van der Waals surface area (Å²) in [7, 11) is 4.59. The van der Waals surface area contributed by atoms with Crippen molar-refractivity contribution in [2.45, 2.75) is 30.3 Å². The Morgan fingerprint density at radius 2 is 1.18 bits per heavy atom. The Morgan fingerprint density at radius 3 is 1.67 bits per heavy atom. The Morgan fingerprint density at radius 1 is 0.667 bits per heavy atom. The molecule has 0 aliphatic heterocycles. The zero-order valence-corrected chi connectivity index (χ0v) is 32.2. The van der Waals surface area contributed by atoms with Crippen LogP contribution in [0.25, 0.3) is 11.1 Å². The van der Waals surface area contributed by atoms with E-state index in [2.05, 4.69) is 34.9 Å². The lowest BCUT2D eigenvalue weighted by Crippen LogP contribution is -2.59. The lowest BCUT2D eigenvalue weighted by molar-refractivity contribution is -0.124. The molecule has 0 spiro atoms. The molecule has 1 aliphatic rings. The van der Waals surface area contributed by atoms with Gasteiger partial charge in [-0.3, -0.25) is 14.5 Å². The van der Waals surface area contributed by atoms with Crippen LogP contribution in [0.1, 0.15) is 46.6 Å². The summed E-state index contributed by atoms with van der Waals surface area (Å²) in [6, 6.07) is 49.0. The van der Waals surface area contributed by atoms with Crippen LogP contribution in [0.5, 0.6) is 11.5 Å². The quantitative estimate of drug-likeness (QED) is 0.108. The third kappa shape index (κ3) is 7.56. The minimum atomic E-state index is -1.44. The van der Waals surface area contributed by atoms with Crippen molar-refractivity contribution in [2.75, 3.05) is 33.2 Å². The number of amides is 3. The first-order valence-electron chi connectivity index (χ1n) is 18.9. The minimum absolute atomic E-state index is 0.00526. The molecule has 7 rings (SSSR count). The van der Waals surface area contributed by atoms with Crippen LogP contribution in [0.3, 0.4) is 0 Å². The molecule has 57 heavy (non-hydrogen) atoms. The maximum atomic E-state index is 15.6. The number of benzene rings is 6. The predicted octanol–water partition coefficient (Wildman–Crippen LogP) is 8.78. The third-order valence-corrected chi connectivity index (χ3v) is 10.7. The average Bonchev–Trinajstić information content (AvgIpc) is 3.59. The molecule has 0 aromatic heterocycles. The fourth-order valence-corrected chi connectivity index (χ4v) is 8.01. The lowest BCUT2D eigenvalue weighted by atomic mass is 9.74. The second kappa shape index (κ2) is 17.3. The Kier molecular flexibility index (Phi) is 11.7. The van der Waals surface area contributed by atoms with Crippen molar-refractivity contribution in [1.29, 1.82) is 0 Å². The summed E-state index contributed by atoms with van der Waals surface area (Å²) in [5.74, 6) is -0.201. The molecule has 1 aliphatic carbocycles. The van der Waals surface area contributed by atoms with E-state index in [1.807, 2.05) is 115 Å². The van der Waals surface area contributed by atoms with Crippen LogP contribution in [0.4, 0.5) is 10.5 Å². The van der Waals surface area contributed by atoms with Crippen LogP contribution in [-0.2, 0) is 19.9 Å². The number of hydrogen-bond acceptors (Lipinski definition) is 6. The van der Waals surface area contributed by atoms with Gasteiger partial charge in [-0.1, -0.05) is 140 Å². The molecule has 0 heterocycles. The first-order valence-corrected chi connectivity index (χ1v) is 18.9. The van der Waals surface area contributed by atoms with Gasteiger partial charge in [0.15, 0.2) is 0 Å². The van der Waals surface area contributed by atoms with Crippen molar-refractivity contribution < 1.29 is 28.6 Å². The SMILES string of the molecule is CNC(=O)CC[C@@H](C(=O)Nc1cc(OC)ccc1OC)N(C(=O)OCC1c2ccccc2-c2ccccc21)C(c1ccccc1)(c1ccccc1)c1ccccc1. The first-order chi connectivity index (χ1) is 27.9. The Labute approximate surface area is 333 Å². The molecule has 6 aromatic rings. The van der Waals surface area contributed by atoms with Crippen LogP contribution in [0.2, 0.25) is 0 Å². The van der Waals surface area contributed by atoms with Crippen molar-refractivity contribution in [2.24, 2.45) is 0 Å². The van der Waals surface area contributed by atoms with Gasteiger partial charge >= 0.3 is 6.09 Å². The van der Waals surface area contributed by atoms with Gasteiger partial charge in [0.2, 0.25) is 11.8 Å². The fourth-order valence-electron chi connectivity index (χ4n) is 8.01. The molecule has 6 aromatic carbocycles. The number of carbonyl (C=O) groups excluding carboxylic acids is 3. The topological polar surface area (TPSA) is 106 Å². The Bertz CT molecular complexity index is 2190. The van der Waals surface area contributed by atoms with Crippen LogP contribution in [0.15, 0.2) is 158 Å². The van der Waals surface area contributed by atoms with Crippen LogP contribution < -0.4 is 20.1 Å². The van der Waals surface area contributed by atoms with Gasteiger partial charge in [-0.25, -0.2) is 4.79 Å². The highest BCUT2D eigenvalue weighted by molar-refractivity contribution is 5.99. The molecule has 3 amide bonds. The number of anilines is 1. The van der Waals surface area contributed by atoms with Crippen molar-refractivity contribution in [1.82, 2.24) is 10.2 Å². The zero-order valence-electron chi connectivity index (χ0n) is 32.2. The second-order valence-electron chi connectivity index (χ2n) is 13.8. The number of carbonyl (C=O) groups is 3. The Hall–Kier alpha value is -6.87. The standard InChI is InChI=1S/C48H45N3O6/c1-49-45(52)30-28-43(46(53)50-42-31-36(55-2)27-29-44(42)56-3)51(47(54)57-32-41-39-25-15-13-23-37(39)38-24-14-16-26-40(38)41)48(33-17-7-4-8-18-33,34-19-9-5-10-20-34)35-21-11-6-12-22-35/h4-27,29,31,41,43H,28,30,32H2,1-3H3,(H,49,52)(H,50,53)/t43-/m0/s1. The van der Waals surface area contributed by atoms with Crippen LogP contribution in [0, 0.1) is 0 Å². The summed E-state index contributed by atoms with van der Waals surface area (Å²) in [5, 5.41) is 5.72. The normalized spacial score (nSPS) is 12.4. The van der Waals surface area contributed by atoms with Gasteiger partial charge < -0.3 is 24.8 Å². The fraction of sp³-hybridized carbons (Fsp3) is 0.188. The molecule has 9 nitrogen and oxygen atoms in total. The van der Waals surface area contributed by atoms with E-state index in [0.717, 1.165) is 22.3 Å². The highest BCUT2D eigenvalue weighted by atomic mass is 16.6. The highest BCUT2D eigenvalue weighted by Crippen LogP contribution is 2.47. The number of hydrogen-bond donors (Lipinski definition) is 2. The summed E-state index contributed by atoms with van der Waals surface area (Å²) in [5.41, 5.74) is 5.34. The Balaban J connectivity index is 1.43. The van der Waals surface area contributed by atoms with Gasteiger partial charge in [0.05, 0.1) is 19.9 Å². The van der Waals surface area contributed by atoms with Crippen LogP contribution in [-0.4, -0.2) is 56.7 Å². The second-order valence-corrected chi connectivity index (χ2v) is 13.8. The van der Waals surface area contributed by atoms with E-state index in [1.165, 1.54) is 19.1 Å². The molecular weight excluding hydrogens is 715 g/mol. The third-order valence-electron chi connectivity index (χ3n) is 10.7. The number of nitrogens with zero attached hydrogens (tertiary/aromatic N) is 1. The number of methoxy groups -OCH3 is 2. The maximum absolute atomic E-state index is 15.6. The molecular formula is C48H45N3O6. The molecule has 0 saturated heterocycles. The smallest absolute Gasteiger partial charge is 0.411 e. The molecule has 0 fully saturated rings. The summed E-state index contributed by atoms with van der Waals surface area (Å²) >= 11 is 0. The molecule has 0 radical (unpaired) electrons. The van der Waals surface area contributed by atoms with Crippen molar-refractivity contribution in [3.63, 3.8) is 0 Å². The van der Waals surface area contributed by atoms with Crippen molar-refractivity contribution >= 4 is 23.6 Å². The largest absolute Gasteiger partial charge is 0.497 e. The van der Waals surface area contributed by atoms with Gasteiger partial charge in [0, 0.05) is 25.5 Å². The van der Waals surface area contributed by atoms with E-state index in [0.29, 0.717) is 33.9 Å². The molecule has 9 heteroatoms. The first kappa shape index (κ1) is 38.4. The molecule has 2 N–H and O–H groups in total. The number of nitrogens with one attached hydrogen (secondary N) is 2. The number of rotatable bonds is 14. The number of ether oxygens (including phenoxy) is 3. The zero-order chi connectivity index (χ0) is 39.8. The van der Waals surface area contributed by atoms with Crippen molar-refractivity contribution in [3.8, 4) is 22.6 Å².